The second-order valence-corrected chi connectivity index (χ2v) is 9.27. The molecule has 0 saturated carbocycles. The van der Waals surface area contributed by atoms with Crippen LogP contribution in [-0.2, 0) is 14.6 Å². The SMILES string of the molecule is CCN(c1ccnc(C(=O)N2CCN(C(C)=O)CC2)c1)C1CCS(=O)(=O)C1. The number of piperazine rings is 1. The molecule has 148 valence electrons. The third-order valence-electron chi connectivity index (χ3n) is 5.30. The van der Waals surface area contributed by atoms with Gasteiger partial charge < -0.3 is 14.7 Å². The van der Waals surface area contributed by atoms with E-state index in [2.05, 4.69) is 4.98 Å². The van der Waals surface area contributed by atoms with Crippen LogP contribution in [0.2, 0.25) is 0 Å². The molecule has 2 aliphatic rings. The summed E-state index contributed by atoms with van der Waals surface area (Å²) in [5, 5.41) is 0. The predicted octanol–water partition coefficient (Wildman–Crippen LogP) is 0.399. The molecule has 1 atom stereocenters. The van der Waals surface area contributed by atoms with E-state index in [9.17, 15) is 18.0 Å². The summed E-state index contributed by atoms with van der Waals surface area (Å²) in [5.41, 5.74) is 1.17. The molecule has 3 heterocycles. The van der Waals surface area contributed by atoms with Crippen LogP contribution >= 0.6 is 0 Å². The fraction of sp³-hybridized carbons (Fsp3) is 0.611. The number of amides is 2. The summed E-state index contributed by atoms with van der Waals surface area (Å²) in [6, 6.07) is 3.50. The number of anilines is 1. The van der Waals surface area contributed by atoms with Gasteiger partial charge in [-0.2, -0.15) is 0 Å². The van der Waals surface area contributed by atoms with E-state index >= 15 is 0 Å². The number of carbonyl (C=O) groups excluding carboxylic acids is 2. The highest BCUT2D eigenvalue weighted by molar-refractivity contribution is 7.91. The van der Waals surface area contributed by atoms with Crippen LogP contribution in [0.1, 0.15) is 30.8 Å². The van der Waals surface area contributed by atoms with E-state index in [1.165, 1.54) is 6.92 Å². The number of hydrogen-bond donors (Lipinski definition) is 0. The number of pyridine rings is 1. The molecule has 1 aromatic rings. The van der Waals surface area contributed by atoms with Crippen molar-refractivity contribution in [2.75, 3.05) is 49.1 Å². The molecule has 2 fully saturated rings. The van der Waals surface area contributed by atoms with Crippen LogP contribution in [0.5, 0.6) is 0 Å². The molecule has 0 N–H and O–H groups in total. The highest BCUT2D eigenvalue weighted by Crippen LogP contribution is 2.25. The van der Waals surface area contributed by atoms with Crippen LogP contribution in [0.3, 0.4) is 0 Å². The van der Waals surface area contributed by atoms with Crippen molar-refractivity contribution in [3.8, 4) is 0 Å². The van der Waals surface area contributed by atoms with Gasteiger partial charge in [0.1, 0.15) is 5.69 Å². The van der Waals surface area contributed by atoms with Crippen LogP contribution in [-0.4, -0.2) is 85.3 Å². The standard InChI is InChI=1S/C18H26N4O4S/c1-3-22(16-5-11-27(25,26)13-16)15-4-6-19-17(12-15)18(24)21-9-7-20(8-10-21)14(2)23/h4,6,12,16H,3,5,7-11,13H2,1-2H3. The predicted molar refractivity (Wildman–Crippen MR) is 102 cm³/mol. The quantitative estimate of drug-likeness (QED) is 0.734. The Kier molecular flexibility index (Phi) is 5.69. The maximum atomic E-state index is 12.8. The maximum absolute atomic E-state index is 12.8. The zero-order valence-corrected chi connectivity index (χ0v) is 16.6. The molecule has 0 bridgehead atoms. The van der Waals surface area contributed by atoms with Gasteiger partial charge in [0.05, 0.1) is 11.5 Å². The lowest BCUT2D eigenvalue weighted by Crippen LogP contribution is -2.50. The van der Waals surface area contributed by atoms with Crippen molar-refractivity contribution in [1.29, 1.82) is 0 Å². The van der Waals surface area contributed by atoms with E-state index in [1.807, 2.05) is 17.9 Å². The summed E-state index contributed by atoms with van der Waals surface area (Å²) in [6.07, 6.45) is 2.20. The number of aromatic nitrogens is 1. The Bertz CT molecular complexity index is 818. The van der Waals surface area contributed by atoms with E-state index in [-0.39, 0.29) is 29.4 Å². The molecule has 9 heteroatoms. The maximum Gasteiger partial charge on any atom is 0.272 e. The van der Waals surface area contributed by atoms with Gasteiger partial charge in [-0.1, -0.05) is 0 Å². The van der Waals surface area contributed by atoms with Gasteiger partial charge >= 0.3 is 0 Å². The van der Waals surface area contributed by atoms with Gasteiger partial charge in [0, 0.05) is 57.6 Å². The first-order valence-corrected chi connectivity index (χ1v) is 11.1. The summed E-state index contributed by atoms with van der Waals surface area (Å²) in [5.74, 6) is 0.229. The lowest BCUT2D eigenvalue weighted by molar-refractivity contribution is -0.130. The molecule has 1 aromatic heterocycles. The van der Waals surface area contributed by atoms with Crippen molar-refractivity contribution < 1.29 is 18.0 Å². The largest absolute Gasteiger partial charge is 0.368 e. The van der Waals surface area contributed by atoms with Crippen molar-refractivity contribution in [3.05, 3.63) is 24.0 Å². The van der Waals surface area contributed by atoms with Crippen LogP contribution in [0.25, 0.3) is 0 Å². The average Bonchev–Trinajstić information content (AvgIpc) is 3.01. The Hall–Kier alpha value is -2.16. The Balaban J connectivity index is 1.73. The van der Waals surface area contributed by atoms with Gasteiger partial charge in [0.2, 0.25) is 5.91 Å². The van der Waals surface area contributed by atoms with E-state index in [4.69, 9.17) is 0 Å². The molecule has 2 amide bonds. The first-order chi connectivity index (χ1) is 12.8. The smallest absolute Gasteiger partial charge is 0.272 e. The van der Waals surface area contributed by atoms with Crippen molar-refractivity contribution in [2.45, 2.75) is 26.3 Å². The van der Waals surface area contributed by atoms with Crippen LogP contribution in [0, 0.1) is 0 Å². The number of carbonyl (C=O) groups is 2. The van der Waals surface area contributed by atoms with Crippen molar-refractivity contribution in [2.24, 2.45) is 0 Å². The molecule has 0 aromatic carbocycles. The molecule has 27 heavy (non-hydrogen) atoms. The van der Waals surface area contributed by atoms with E-state index in [0.29, 0.717) is 44.8 Å². The molecule has 3 rings (SSSR count). The Morgan fingerprint density at radius 1 is 1.22 bits per heavy atom. The number of rotatable bonds is 4. The zero-order chi connectivity index (χ0) is 19.6. The second-order valence-electron chi connectivity index (χ2n) is 7.04. The number of hydrogen-bond acceptors (Lipinski definition) is 6. The Labute approximate surface area is 160 Å². The molecule has 0 aliphatic carbocycles. The minimum Gasteiger partial charge on any atom is -0.368 e. The first-order valence-electron chi connectivity index (χ1n) is 9.28. The van der Waals surface area contributed by atoms with Crippen molar-refractivity contribution in [1.82, 2.24) is 14.8 Å². The summed E-state index contributed by atoms with van der Waals surface area (Å²) in [7, 11) is -2.98. The summed E-state index contributed by atoms with van der Waals surface area (Å²) < 4.78 is 23.6. The number of nitrogens with zero attached hydrogens (tertiary/aromatic N) is 4. The van der Waals surface area contributed by atoms with Gasteiger partial charge in [-0.05, 0) is 25.5 Å². The van der Waals surface area contributed by atoms with E-state index in [0.717, 1.165) is 5.69 Å². The zero-order valence-electron chi connectivity index (χ0n) is 15.8. The number of sulfone groups is 1. The topological polar surface area (TPSA) is 90.9 Å². The second kappa shape index (κ2) is 7.84. The molecule has 2 saturated heterocycles. The first kappa shape index (κ1) is 19.6. The summed E-state index contributed by atoms with van der Waals surface area (Å²) in [4.78, 5) is 33.9. The van der Waals surface area contributed by atoms with E-state index < -0.39 is 9.84 Å². The van der Waals surface area contributed by atoms with Gasteiger partial charge in [-0.15, -0.1) is 0 Å². The summed E-state index contributed by atoms with van der Waals surface area (Å²) in [6.45, 7) is 6.21. The third-order valence-corrected chi connectivity index (χ3v) is 7.05. The van der Waals surface area contributed by atoms with Crippen LogP contribution in [0.4, 0.5) is 5.69 Å². The molecule has 0 spiro atoms. The monoisotopic (exact) mass is 394 g/mol. The lowest BCUT2D eigenvalue weighted by Gasteiger charge is -2.34. The van der Waals surface area contributed by atoms with Gasteiger partial charge in [0.15, 0.2) is 9.84 Å². The molecule has 0 radical (unpaired) electrons. The van der Waals surface area contributed by atoms with Crippen LogP contribution < -0.4 is 4.90 Å². The normalized spacial score (nSPS) is 21.9. The molecular formula is C18H26N4O4S. The van der Waals surface area contributed by atoms with Crippen molar-refractivity contribution in [3.63, 3.8) is 0 Å². The Morgan fingerprint density at radius 3 is 2.44 bits per heavy atom. The summed E-state index contributed by atoms with van der Waals surface area (Å²) >= 11 is 0. The fourth-order valence-electron chi connectivity index (χ4n) is 3.77. The van der Waals surface area contributed by atoms with Gasteiger partial charge in [-0.25, -0.2) is 8.42 Å². The highest BCUT2D eigenvalue weighted by Gasteiger charge is 2.32. The average molecular weight is 394 g/mol. The highest BCUT2D eigenvalue weighted by atomic mass is 32.2. The molecule has 8 nitrogen and oxygen atoms in total. The van der Waals surface area contributed by atoms with Crippen molar-refractivity contribution >= 4 is 27.3 Å². The molecule has 1 unspecified atom stereocenters. The molecular weight excluding hydrogens is 368 g/mol. The minimum absolute atomic E-state index is 0.0207. The van der Waals surface area contributed by atoms with Gasteiger partial charge in [-0.3, -0.25) is 14.6 Å². The lowest BCUT2D eigenvalue weighted by atomic mass is 10.1. The van der Waals surface area contributed by atoms with Gasteiger partial charge in [0.25, 0.3) is 5.91 Å². The Morgan fingerprint density at radius 2 is 1.89 bits per heavy atom. The molecule has 2 aliphatic heterocycles. The third kappa shape index (κ3) is 4.40. The van der Waals surface area contributed by atoms with E-state index in [1.54, 1.807) is 22.1 Å². The van der Waals surface area contributed by atoms with Crippen LogP contribution in [0.15, 0.2) is 18.3 Å². The fourth-order valence-corrected chi connectivity index (χ4v) is 5.50. The minimum atomic E-state index is -2.98.